The number of likely N-dealkylation sites (N-methyl/N-ethyl adjacent to an activating group) is 1. The standard InChI is InChI=1S/C9H20N4O/c1-12-5-7-13(8-6-12)4-2-3-11-9(10)14/h2-8H2,1H3,(H3,10,11,14). The van der Waals surface area contributed by atoms with E-state index in [0.29, 0.717) is 6.54 Å². The number of piperazine rings is 1. The monoisotopic (exact) mass is 200 g/mol. The maximum atomic E-state index is 10.4. The molecular weight excluding hydrogens is 180 g/mol. The molecule has 0 radical (unpaired) electrons. The topological polar surface area (TPSA) is 61.6 Å². The fraction of sp³-hybridized carbons (Fsp3) is 0.889. The first-order valence-corrected chi connectivity index (χ1v) is 5.12. The Bertz CT molecular complexity index is 178. The van der Waals surface area contributed by atoms with Gasteiger partial charge < -0.3 is 20.9 Å². The largest absolute Gasteiger partial charge is 0.352 e. The molecule has 5 nitrogen and oxygen atoms in total. The molecule has 0 aliphatic carbocycles. The molecule has 1 aliphatic heterocycles. The highest BCUT2D eigenvalue weighted by molar-refractivity contribution is 5.71. The fourth-order valence-corrected chi connectivity index (χ4v) is 1.59. The molecule has 0 saturated carbocycles. The maximum Gasteiger partial charge on any atom is 0.312 e. The van der Waals surface area contributed by atoms with Gasteiger partial charge in [0.1, 0.15) is 0 Å². The van der Waals surface area contributed by atoms with Crippen LogP contribution in [0.25, 0.3) is 0 Å². The van der Waals surface area contributed by atoms with E-state index in [1.807, 2.05) is 0 Å². The lowest BCUT2D eigenvalue weighted by Gasteiger charge is -2.32. The molecule has 0 aromatic carbocycles. The number of hydrogen-bond acceptors (Lipinski definition) is 3. The van der Waals surface area contributed by atoms with Crippen molar-refractivity contribution in [2.45, 2.75) is 6.42 Å². The second-order valence-corrected chi connectivity index (χ2v) is 3.79. The summed E-state index contributed by atoms with van der Waals surface area (Å²) in [5.74, 6) is 0. The van der Waals surface area contributed by atoms with Crippen LogP contribution in [-0.2, 0) is 0 Å². The van der Waals surface area contributed by atoms with Crippen LogP contribution in [0.4, 0.5) is 4.79 Å². The van der Waals surface area contributed by atoms with Crippen LogP contribution in [-0.4, -0.2) is 62.1 Å². The molecule has 0 bridgehead atoms. The number of nitrogens with one attached hydrogen (secondary N) is 1. The van der Waals surface area contributed by atoms with Crippen molar-refractivity contribution in [1.82, 2.24) is 15.1 Å². The fourth-order valence-electron chi connectivity index (χ4n) is 1.59. The number of nitrogens with two attached hydrogens (primary N) is 1. The Hall–Kier alpha value is -0.810. The normalized spacial score (nSPS) is 19.5. The molecule has 1 aliphatic rings. The third-order valence-corrected chi connectivity index (χ3v) is 2.55. The lowest BCUT2D eigenvalue weighted by atomic mass is 10.3. The van der Waals surface area contributed by atoms with Gasteiger partial charge >= 0.3 is 6.03 Å². The minimum atomic E-state index is -0.427. The molecule has 14 heavy (non-hydrogen) atoms. The van der Waals surface area contributed by atoms with Gasteiger partial charge in [0.2, 0.25) is 0 Å². The van der Waals surface area contributed by atoms with Crippen LogP contribution in [0.15, 0.2) is 0 Å². The van der Waals surface area contributed by atoms with E-state index in [2.05, 4.69) is 22.2 Å². The van der Waals surface area contributed by atoms with E-state index in [1.54, 1.807) is 0 Å². The average molecular weight is 200 g/mol. The first-order valence-electron chi connectivity index (χ1n) is 5.12. The van der Waals surface area contributed by atoms with Crippen molar-refractivity contribution in [3.05, 3.63) is 0 Å². The van der Waals surface area contributed by atoms with Crippen LogP contribution in [0.1, 0.15) is 6.42 Å². The van der Waals surface area contributed by atoms with Crippen LogP contribution in [0, 0.1) is 0 Å². The van der Waals surface area contributed by atoms with Crippen molar-refractivity contribution in [3.63, 3.8) is 0 Å². The van der Waals surface area contributed by atoms with Gasteiger partial charge in [-0.2, -0.15) is 0 Å². The second-order valence-electron chi connectivity index (χ2n) is 3.79. The summed E-state index contributed by atoms with van der Waals surface area (Å²) in [5.41, 5.74) is 4.96. The number of primary amides is 1. The van der Waals surface area contributed by atoms with Crippen LogP contribution in [0.2, 0.25) is 0 Å². The third kappa shape index (κ3) is 4.43. The lowest BCUT2D eigenvalue weighted by Crippen LogP contribution is -2.45. The molecule has 0 spiro atoms. The van der Waals surface area contributed by atoms with E-state index in [9.17, 15) is 4.79 Å². The first kappa shape index (κ1) is 11.3. The molecule has 1 saturated heterocycles. The summed E-state index contributed by atoms with van der Waals surface area (Å²) in [5, 5.41) is 2.60. The van der Waals surface area contributed by atoms with Gasteiger partial charge in [0.25, 0.3) is 0 Å². The smallest absolute Gasteiger partial charge is 0.312 e. The van der Waals surface area contributed by atoms with Gasteiger partial charge in [-0.25, -0.2) is 4.79 Å². The molecule has 0 aromatic rings. The minimum Gasteiger partial charge on any atom is -0.352 e. The van der Waals surface area contributed by atoms with Gasteiger partial charge in [-0.15, -0.1) is 0 Å². The maximum absolute atomic E-state index is 10.4. The summed E-state index contributed by atoms with van der Waals surface area (Å²) in [4.78, 5) is 15.1. The summed E-state index contributed by atoms with van der Waals surface area (Å²) in [7, 11) is 2.14. The quantitative estimate of drug-likeness (QED) is 0.589. The molecule has 2 amide bonds. The van der Waals surface area contributed by atoms with Crippen molar-refractivity contribution in [2.24, 2.45) is 5.73 Å². The summed E-state index contributed by atoms with van der Waals surface area (Å²) in [6, 6.07) is -0.427. The van der Waals surface area contributed by atoms with Gasteiger partial charge in [0, 0.05) is 32.7 Å². The SMILES string of the molecule is CN1CCN(CCCNC(N)=O)CC1. The predicted octanol–water partition coefficient (Wildman–Crippen LogP) is -0.708. The van der Waals surface area contributed by atoms with Crippen molar-refractivity contribution in [2.75, 3.05) is 46.3 Å². The van der Waals surface area contributed by atoms with E-state index in [-0.39, 0.29) is 0 Å². The number of rotatable bonds is 4. The van der Waals surface area contributed by atoms with Crippen molar-refractivity contribution in [3.8, 4) is 0 Å². The first-order chi connectivity index (χ1) is 6.68. The van der Waals surface area contributed by atoms with Crippen molar-refractivity contribution in [1.29, 1.82) is 0 Å². The number of nitrogens with zero attached hydrogens (tertiary/aromatic N) is 2. The predicted molar refractivity (Wildman–Crippen MR) is 56.1 cm³/mol. The molecule has 0 atom stereocenters. The Morgan fingerprint density at radius 3 is 2.57 bits per heavy atom. The van der Waals surface area contributed by atoms with Gasteiger partial charge in [0.05, 0.1) is 0 Å². The Morgan fingerprint density at radius 2 is 2.00 bits per heavy atom. The van der Waals surface area contributed by atoms with E-state index in [4.69, 9.17) is 5.73 Å². The van der Waals surface area contributed by atoms with Crippen molar-refractivity contribution >= 4 is 6.03 Å². The summed E-state index contributed by atoms with van der Waals surface area (Å²) in [6.45, 7) is 6.28. The minimum absolute atomic E-state index is 0.427. The van der Waals surface area contributed by atoms with Gasteiger partial charge in [-0.1, -0.05) is 0 Å². The van der Waals surface area contributed by atoms with E-state index < -0.39 is 6.03 Å². The Kier molecular flexibility index (Phi) is 4.69. The highest BCUT2D eigenvalue weighted by Crippen LogP contribution is 1.99. The Balaban J connectivity index is 1.99. The molecule has 1 heterocycles. The molecule has 3 N–H and O–H groups in total. The Morgan fingerprint density at radius 1 is 1.36 bits per heavy atom. The van der Waals surface area contributed by atoms with E-state index in [0.717, 1.165) is 39.1 Å². The number of carbonyl (C=O) groups is 1. The number of amides is 2. The van der Waals surface area contributed by atoms with E-state index >= 15 is 0 Å². The molecule has 0 unspecified atom stereocenters. The highest BCUT2D eigenvalue weighted by Gasteiger charge is 2.12. The van der Waals surface area contributed by atoms with Crippen LogP contribution < -0.4 is 11.1 Å². The number of carbonyl (C=O) groups excluding carboxylic acids is 1. The molecule has 1 fully saturated rings. The molecule has 1 rings (SSSR count). The van der Waals surface area contributed by atoms with Crippen LogP contribution >= 0.6 is 0 Å². The molecule has 5 heteroatoms. The molecular formula is C9H20N4O. The molecule has 0 aromatic heterocycles. The van der Waals surface area contributed by atoms with Crippen LogP contribution in [0.5, 0.6) is 0 Å². The summed E-state index contributed by atoms with van der Waals surface area (Å²) in [6.07, 6.45) is 0.979. The zero-order valence-electron chi connectivity index (χ0n) is 8.83. The summed E-state index contributed by atoms with van der Waals surface area (Å²) >= 11 is 0. The van der Waals surface area contributed by atoms with Gasteiger partial charge in [0.15, 0.2) is 0 Å². The Labute approximate surface area is 85.2 Å². The average Bonchev–Trinajstić information content (AvgIpc) is 2.15. The summed E-state index contributed by atoms with van der Waals surface area (Å²) < 4.78 is 0. The van der Waals surface area contributed by atoms with Crippen LogP contribution in [0.3, 0.4) is 0 Å². The zero-order chi connectivity index (χ0) is 10.4. The van der Waals surface area contributed by atoms with Crippen molar-refractivity contribution < 1.29 is 4.79 Å². The lowest BCUT2D eigenvalue weighted by molar-refractivity contribution is 0.153. The number of hydrogen-bond donors (Lipinski definition) is 2. The molecule has 82 valence electrons. The zero-order valence-corrected chi connectivity index (χ0v) is 8.83. The highest BCUT2D eigenvalue weighted by atomic mass is 16.2. The van der Waals surface area contributed by atoms with Gasteiger partial charge in [-0.3, -0.25) is 0 Å². The number of urea groups is 1. The second kappa shape index (κ2) is 5.82. The van der Waals surface area contributed by atoms with Gasteiger partial charge in [-0.05, 0) is 20.0 Å². The third-order valence-electron chi connectivity index (χ3n) is 2.55. The van der Waals surface area contributed by atoms with E-state index in [1.165, 1.54) is 0 Å².